The molecule has 0 amide bonds. The molecule has 0 bridgehead atoms. The van der Waals surface area contributed by atoms with Crippen LogP contribution < -0.4 is 11.5 Å². The molecule has 0 saturated carbocycles. The van der Waals surface area contributed by atoms with Crippen molar-refractivity contribution in [2.75, 3.05) is 6.54 Å². The molecular weight excluding hydrogens is 168 g/mol. The maximum Gasteiger partial charge on any atom is 0.327 e. The van der Waals surface area contributed by atoms with Gasteiger partial charge >= 0.3 is 5.97 Å². The second-order valence-electron chi connectivity index (χ2n) is 3.72. The molecule has 4 nitrogen and oxygen atoms in total. The van der Waals surface area contributed by atoms with E-state index in [1.54, 1.807) is 26.8 Å². The van der Waals surface area contributed by atoms with E-state index >= 15 is 0 Å². The molecule has 1 unspecified atom stereocenters. The van der Waals surface area contributed by atoms with Crippen molar-refractivity contribution < 1.29 is 9.53 Å². The van der Waals surface area contributed by atoms with Gasteiger partial charge in [0.1, 0.15) is 11.6 Å². The van der Waals surface area contributed by atoms with Crippen LogP contribution in [0.25, 0.3) is 0 Å². The van der Waals surface area contributed by atoms with E-state index in [2.05, 4.69) is 0 Å². The van der Waals surface area contributed by atoms with Gasteiger partial charge in [0.05, 0.1) is 0 Å². The van der Waals surface area contributed by atoms with E-state index in [0.29, 0.717) is 6.54 Å². The van der Waals surface area contributed by atoms with E-state index in [-0.39, 0.29) is 0 Å². The molecule has 0 spiro atoms. The molecule has 0 aromatic carbocycles. The molecule has 4 N–H and O–H groups in total. The van der Waals surface area contributed by atoms with Gasteiger partial charge in [0, 0.05) is 6.54 Å². The van der Waals surface area contributed by atoms with Gasteiger partial charge < -0.3 is 16.2 Å². The second-order valence-corrected chi connectivity index (χ2v) is 3.72. The lowest BCUT2D eigenvalue weighted by molar-refractivity contribution is -0.155. The third kappa shape index (κ3) is 6.31. The summed E-state index contributed by atoms with van der Waals surface area (Å²) < 4.78 is 5.04. The van der Waals surface area contributed by atoms with Gasteiger partial charge in [0.15, 0.2) is 0 Å². The Morgan fingerprint density at radius 3 is 2.46 bits per heavy atom. The van der Waals surface area contributed by atoms with E-state index in [0.717, 1.165) is 0 Å². The van der Waals surface area contributed by atoms with Crippen LogP contribution in [0.2, 0.25) is 0 Å². The molecule has 0 aliphatic heterocycles. The molecule has 0 radical (unpaired) electrons. The van der Waals surface area contributed by atoms with Gasteiger partial charge in [-0.15, -0.1) is 0 Å². The summed E-state index contributed by atoms with van der Waals surface area (Å²) in [4.78, 5) is 11.2. The summed E-state index contributed by atoms with van der Waals surface area (Å²) in [5.74, 6) is -0.433. The van der Waals surface area contributed by atoms with Gasteiger partial charge in [-0.25, -0.2) is 4.79 Å². The average Bonchev–Trinajstić information content (AvgIpc) is 1.96. The Morgan fingerprint density at radius 2 is 2.08 bits per heavy atom. The van der Waals surface area contributed by atoms with Gasteiger partial charge in [0.25, 0.3) is 0 Å². The van der Waals surface area contributed by atoms with Crippen LogP contribution in [-0.4, -0.2) is 24.2 Å². The van der Waals surface area contributed by atoms with Crippen LogP contribution in [0.15, 0.2) is 12.2 Å². The predicted molar refractivity (Wildman–Crippen MR) is 52.0 cm³/mol. The summed E-state index contributed by atoms with van der Waals surface area (Å²) >= 11 is 0. The van der Waals surface area contributed by atoms with Gasteiger partial charge in [-0.2, -0.15) is 0 Å². The SMILES string of the molecule is CC(C)(C)OC(=O)C(N)/C=C/CN. The maximum absolute atomic E-state index is 11.2. The minimum absolute atomic E-state index is 0.372. The molecule has 0 saturated heterocycles. The fraction of sp³-hybridized carbons (Fsp3) is 0.667. The predicted octanol–water partition coefficient (Wildman–Crippen LogP) is 0.170. The van der Waals surface area contributed by atoms with Crippen LogP contribution in [0, 0.1) is 0 Å². The fourth-order valence-electron chi connectivity index (χ4n) is 0.674. The Kier molecular flexibility index (Phi) is 4.66. The molecule has 76 valence electrons. The van der Waals surface area contributed by atoms with Crippen molar-refractivity contribution >= 4 is 5.97 Å². The Labute approximate surface area is 78.9 Å². The fourth-order valence-corrected chi connectivity index (χ4v) is 0.674. The Bertz CT molecular complexity index is 194. The van der Waals surface area contributed by atoms with Crippen molar-refractivity contribution in [2.24, 2.45) is 11.5 Å². The lowest BCUT2D eigenvalue weighted by Crippen LogP contribution is -2.36. The summed E-state index contributed by atoms with van der Waals surface area (Å²) in [7, 11) is 0. The minimum atomic E-state index is -0.720. The highest BCUT2D eigenvalue weighted by atomic mass is 16.6. The van der Waals surface area contributed by atoms with Gasteiger partial charge in [-0.05, 0) is 20.8 Å². The van der Waals surface area contributed by atoms with Crippen molar-refractivity contribution in [3.8, 4) is 0 Å². The monoisotopic (exact) mass is 186 g/mol. The number of rotatable bonds is 3. The molecule has 0 rings (SSSR count). The van der Waals surface area contributed by atoms with Crippen molar-refractivity contribution in [2.45, 2.75) is 32.4 Å². The number of hydrogen-bond donors (Lipinski definition) is 2. The summed E-state index contributed by atoms with van der Waals surface area (Å²) in [6.45, 7) is 5.76. The third-order valence-corrected chi connectivity index (χ3v) is 1.16. The quantitative estimate of drug-likeness (QED) is 0.486. The first-order chi connectivity index (χ1) is 5.87. The number of esters is 1. The van der Waals surface area contributed by atoms with Crippen molar-refractivity contribution in [1.29, 1.82) is 0 Å². The highest BCUT2D eigenvalue weighted by molar-refractivity contribution is 5.78. The van der Waals surface area contributed by atoms with E-state index in [1.807, 2.05) is 0 Å². The zero-order chi connectivity index (χ0) is 10.5. The van der Waals surface area contributed by atoms with Crippen LogP contribution >= 0.6 is 0 Å². The largest absolute Gasteiger partial charge is 0.459 e. The first kappa shape index (κ1) is 12.1. The van der Waals surface area contributed by atoms with Crippen LogP contribution in [0.4, 0.5) is 0 Å². The van der Waals surface area contributed by atoms with E-state index in [4.69, 9.17) is 16.2 Å². The van der Waals surface area contributed by atoms with Gasteiger partial charge in [-0.1, -0.05) is 12.2 Å². The van der Waals surface area contributed by atoms with Crippen molar-refractivity contribution in [3.05, 3.63) is 12.2 Å². The molecule has 4 heteroatoms. The summed E-state index contributed by atoms with van der Waals surface area (Å²) in [6.07, 6.45) is 3.17. The number of hydrogen-bond acceptors (Lipinski definition) is 4. The van der Waals surface area contributed by atoms with Crippen LogP contribution in [0.1, 0.15) is 20.8 Å². The Hall–Kier alpha value is -0.870. The minimum Gasteiger partial charge on any atom is -0.459 e. The summed E-state index contributed by atoms with van der Waals surface area (Å²) in [6, 6.07) is -0.720. The first-order valence-corrected chi connectivity index (χ1v) is 4.22. The number of carbonyl (C=O) groups is 1. The molecule has 0 fully saturated rings. The molecule has 0 aromatic rings. The normalized spacial score (nSPS) is 14.5. The lowest BCUT2D eigenvalue weighted by atomic mass is 10.2. The molecule has 1 atom stereocenters. The van der Waals surface area contributed by atoms with Crippen LogP contribution in [0.3, 0.4) is 0 Å². The lowest BCUT2D eigenvalue weighted by Gasteiger charge is -2.20. The highest BCUT2D eigenvalue weighted by Crippen LogP contribution is 2.07. The van der Waals surface area contributed by atoms with Gasteiger partial charge in [0.2, 0.25) is 0 Å². The molecule has 0 aromatic heterocycles. The zero-order valence-corrected chi connectivity index (χ0v) is 8.41. The summed E-state index contributed by atoms with van der Waals surface area (Å²) in [5, 5.41) is 0. The first-order valence-electron chi connectivity index (χ1n) is 4.22. The maximum atomic E-state index is 11.2. The molecular formula is C9H18N2O2. The Balaban J connectivity index is 4.04. The Morgan fingerprint density at radius 1 is 1.54 bits per heavy atom. The number of ether oxygens (including phenoxy) is 1. The third-order valence-electron chi connectivity index (χ3n) is 1.16. The van der Waals surface area contributed by atoms with Gasteiger partial charge in [-0.3, -0.25) is 0 Å². The second kappa shape index (κ2) is 4.99. The molecule has 0 aliphatic rings. The summed E-state index contributed by atoms with van der Waals surface area (Å²) in [5.41, 5.74) is 10.2. The smallest absolute Gasteiger partial charge is 0.327 e. The number of nitrogens with two attached hydrogens (primary N) is 2. The van der Waals surface area contributed by atoms with E-state index in [1.165, 1.54) is 6.08 Å². The molecule has 0 heterocycles. The highest BCUT2D eigenvalue weighted by Gasteiger charge is 2.19. The molecule has 13 heavy (non-hydrogen) atoms. The topological polar surface area (TPSA) is 78.3 Å². The number of carbonyl (C=O) groups excluding carboxylic acids is 1. The zero-order valence-electron chi connectivity index (χ0n) is 8.41. The van der Waals surface area contributed by atoms with Crippen LogP contribution in [0.5, 0.6) is 0 Å². The van der Waals surface area contributed by atoms with E-state index in [9.17, 15) is 4.79 Å². The van der Waals surface area contributed by atoms with Crippen molar-refractivity contribution in [3.63, 3.8) is 0 Å². The molecule has 0 aliphatic carbocycles. The standard InChI is InChI=1S/C9H18N2O2/c1-9(2,3)13-8(12)7(11)5-4-6-10/h4-5,7H,6,10-11H2,1-3H3/b5-4+. The van der Waals surface area contributed by atoms with Crippen LogP contribution in [-0.2, 0) is 9.53 Å². The average molecular weight is 186 g/mol. The van der Waals surface area contributed by atoms with Crippen molar-refractivity contribution in [1.82, 2.24) is 0 Å². The van der Waals surface area contributed by atoms with E-state index < -0.39 is 17.6 Å².